The van der Waals surface area contributed by atoms with E-state index in [0.717, 1.165) is 41.4 Å². The minimum Gasteiger partial charge on any atom is -0.412 e. The van der Waals surface area contributed by atoms with Crippen LogP contribution in [0.3, 0.4) is 0 Å². The van der Waals surface area contributed by atoms with Gasteiger partial charge in [0.25, 0.3) is 0 Å². The molecular formula is C41H89ClN2O3. The number of unbranched alkanes of at least 4 members (excludes halogenated alkanes) is 2. The summed E-state index contributed by atoms with van der Waals surface area (Å²) < 4.78 is 0. The van der Waals surface area contributed by atoms with Gasteiger partial charge < -0.3 is 26.6 Å². The van der Waals surface area contributed by atoms with Crippen LogP contribution in [-0.2, 0) is 0 Å². The molecule has 0 bridgehead atoms. The molecule has 288 valence electrons. The van der Waals surface area contributed by atoms with E-state index in [9.17, 15) is 0 Å². The number of nitrogens with zero attached hydrogens (tertiary/aromatic N) is 1. The summed E-state index contributed by atoms with van der Waals surface area (Å²) in [5.41, 5.74) is 1.11. The van der Waals surface area contributed by atoms with Crippen molar-refractivity contribution in [3.63, 3.8) is 0 Å². The summed E-state index contributed by atoms with van der Waals surface area (Å²) >= 11 is 6.45. The van der Waals surface area contributed by atoms with E-state index in [2.05, 4.69) is 51.8 Å². The Bertz CT molecular complexity index is 865. The third-order valence-electron chi connectivity index (χ3n) is 14.7. The van der Waals surface area contributed by atoms with E-state index in [-0.39, 0.29) is 28.1 Å². The van der Waals surface area contributed by atoms with Crippen LogP contribution in [-0.4, -0.2) is 58.9 Å². The summed E-state index contributed by atoms with van der Waals surface area (Å²) in [4.78, 5) is 2.81. The van der Waals surface area contributed by atoms with Gasteiger partial charge in [0.15, 0.2) is 0 Å². The van der Waals surface area contributed by atoms with E-state index < -0.39 is 0 Å². The molecule has 5 rings (SSSR count). The number of fused-ring (bicyclic) bond motifs is 3. The Hall–Kier alpha value is 0.0900. The standard InChI is InChI=1S/C40H73ClN2.CH4.3H2O.3H2/c1-7-34-30(17-22-37-35(34)21-18-32-14-10-11-24-40(32,37)6)13-9-8-12-25-42-38(29(2)3)27-43-26-23-36(39(4,5)28-43)31-15-19-33(41)20-16-31;;;;;;;/h29-38,42H,7-28H2,1-6H3;1H4;3*1H2;3*1H/t30?,31?,32-,33?,34?,35?,36?,37?,38-,40-;;;;;;;/m0......./s1. The molecule has 1 heterocycles. The van der Waals surface area contributed by atoms with Gasteiger partial charge in [-0.2, -0.15) is 0 Å². The van der Waals surface area contributed by atoms with Crippen molar-refractivity contribution in [2.45, 2.75) is 176 Å². The highest BCUT2D eigenvalue weighted by atomic mass is 35.5. The summed E-state index contributed by atoms with van der Waals surface area (Å²) in [5.74, 6) is 7.67. The zero-order valence-electron chi connectivity index (χ0n) is 31.2. The molecule has 8 atom stereocenters. The number of likely N-dealkylation sites (tertiary alicyclic amines) is 1. The minimum absolute atomic E-state index is 0. The molecule has 6 heteroatoms. The van der Waals surface area contributed by atoms with Crippen LogP contribution in [0.5, 0.6) is 0 Å². The quantitative estimate of drug-likeness (QED) is 0.162. The molecule has 5 fully saturated rings. The fraction of sp³-hybridized carbons (Fsp3) is 1.00. The molecule has 0 aromatic heterocycles. The Kier molecular flexibility index (Phi) is 19.4. The Balaban J connectivity index is -0.00000316. The van der Waals surface area contributed by atoms with E-state index >= 15 is 0 Å². The third kappa shape index (κ3) is 10.8. The number of piperidine rings is 1. The van der Waals surface area contributed by atoms with Gasteiger partial charge in [0, 0.05) is 28.8 Å². The van der Waals surface area contributed by atoms with Crippen LogP contribution >= 0.6 is 11.6 Å². The molecule has 0 spiro atoms. The number of rotatable bonds is 12. The molecule has 4 aliphatic carbocycles. The van der Waals surface area contributed by atoms with Gasteiger partial charge >= 0.3 is 0 Å². The second-order valence-corrected chi connectivity index (χ2v) is 18.6. The molecule has 1 saturated heterocycles. The smallest absolute Gasteiger partial charge is 0.0336 e. The minimum atomic E-state index is 0. The lowest BCUT2D eigenvalue weighted by Crippen LogP contribution is -2.53. The van der Waals surface area contributed by atoms with E-state index in [0.29, 0.717) is 28.2 Å². The number of nitrogens with one attached hydrogen (secondary N) is 1. The van der Waals surface area contributed by atoms with Crippen LogP contribution in [0.15, 0.2) is 0 Å². The van der Waals surface area contributed by atoms with Crippen LogP contribution in [0.2, 0.25) is 0 Å². The average molecular weight is 694 g/mol. The van der Waals surface area contributed by atoms with Crippen molar-refractivity contribution in [1.82, 2.24) is 10.2 Å². The highest BCUT2D eigenvalue weighted by Crippen LogP contribution is 2.61. The maximum Gasteiger partial charge on any atom is 0.0336 e. The number of hydrogen-bond acceptors (Lipinski definition) is 2. The average Bonchev–Trinajstić information content (AvgIpc) is 2.97. The molecule has 0 aromatic rings. The normalized spacial score (nSPS) is 37.5. The van der Waals surface area contributed by atoms with Gasteiger partial charge in [-0.05, 0) is 148 Å². The molecule has 5 aliphatic rings. The van der Waals surface area contributed by atoms with E-state index in [1.54, 1.807) is 19.3 Å². The largest absolute Gasteiger partial charge is 0.412 e. The maximum atomic E-state index is 6.45. The lowest BCUT2D eigenvalue weighted by molar-refractivity contribution is -0.0910. The second kappa shape index (κ2) is 20.2. The molecule has 0 radical (unpaired) electrons. The SMILES string of the molecule is C.CCC1C(CCCCCN[C@@H](CN2CCC(C3CCC(Cl)CC3)C(C)(C)C2)C(C)C)CCC2C1CC[C@@H]1CCCC[C@]21C.O.O.O.[HH].[HH].[HH]. The highest BCUT2D eigenvalue weighted by molar-refractivity contribution is 6.20. The van der Waals surface area contributed by atoms with Crippen molar-refractivity contribution in [3.05, 3.63) is 0 Å². The fourth-order valence-electron chi connectivity index (χ4n) is 12.3. The van der Waals surface area contributed by atoms with E-state index in [4.69, 9.17) is 11.6 Å². The zero-order chi connectivity index (χ0) is 30.6. The van der Waals surface area contributed by atoms with Crippen molar-refractivity contribution in [3.8, 4) is 0 Å². The van der Waals surface area contributed by atoms with Crippen LogP contribution in [0.4, 0.5) is 0 Å². The summed E-state index contributed by atoms with van der Waals surface area (Å²) in [5, 5.41) is 4.48. The fourth-order valence-corrected chi connectivity index (χ4v) is 12.5. The number of halogens is 1. The molecule has 1 aliphatic heterocycles. The molecule has 4 saturated carbocycles. The van der Waals surface area contributed by atoms with Crippen LogP contribution in [0.1, 0.15) is 169 Å². The summed E-state index contributed by atoms with van der Waals surface area (Å²) in [6.07, 6.45) is 26.1. The van der Waals surface area contributed by atoms with Gasteiger partial charge in [-0.3, -0.25) is 0 Å². The molecule has 7 N–H and O–H groups in total. The maximum absolute atomic E-state index is 6.45. The first-order valence-corrected chi connectivity index (χ1v) is 20.2. The van der Waals surface area contributed by atoms with Gasteiger partial charge in [-0.25, -0.2) is 0 Å². The van der Waals surface area contributed by atoms with Crippen molar-refractivity contribution in [2.24, 2.45) is 58.2 Å². The van der Waals surface area contributed by atoms with E-state index in [1.807, 2.05) is 0 Å². The van der Waals surface area contributed by atoms with Gasteiger partial charge in [0.05, 0.1) is 0 Å². The summed E-state index contributed by atoms with van der Waals surface area (Å²) in [7, 11) is 0. The Labute approximate surface area is 302 Å². The van der Waals surface area contributed by atoms with Crippen LogP contribution in [0.25, 0.3) is 0 Å². The first-order valence-electron chi connectivity index (χ1n) is 19.7. The first-order chi connectivity index (χ1) is 20.6. The van der Waals surface area contributed by atoms with Gasteiger partial charge in [0.2, 0.25) is 0 Å². The van der Waals surface area contributed by atoms with Crippen molar-refractivity contribution in [2.75, 3.05) is 26.2 Å². The zero-order valence-corrected chi connectivity index (χ0v) is 31.9. The second-order valence-electron chi connectivity index (χ2n) is 18.0. The predicted molar refractivity (Wildman–Crippen MR) is 212 cm³/mol. The molecule has 5 nitrogen and oxygen atoms in total. The Morgan fingerprint density at radius 3 is 2.21 bits per heavy atom. The van der Waals surface area contributed by atoms with E-state index in [1.165, 1.54) is 122 Å². The molecule has 0 aromatic carbocycles. The van der Waals surface area contributed by atoms with Crippen molar-refractivity contribution in [1.29, 1.82) is 0 Å². The lowest BCUT2D eigenvalue weighted by atomic mass is 9.46. The Morgan fingerprint density at radius 2 is 1.55 bits per heavy atom. The van der Waals surface area contributed by atoms with Gasteiger partial charge in [-0.15, -0.1) is 11.6 Å². The lowest BCUT2D eigenvalue weighted by Gasteiger charge is -2.59. The number of hydrogen-bond donors (Lipinski definition) is 1. The third-order valence-corrected chi connectivity index (χ3v) is 15.2. The van der Waals surface area contributed by atoms with Gasteiger partial charge in [0.1, 0.15) is 0 Å². The topological polar surface area (TPSA) is 110 Å². The van der Waals surface area contributed by atoms with Gasteiger partial charge in [-0.1, -0.05) is 87.5 Å². The summed E-state index contributed by atoms with van der Waals surface area (Å²) in [6, 6.07) is 0.620. The van der Waals surface area contributed by atoms with Crippen LogP contribution in [0, 0.1) is 58.2 Å². The molecule has 0 amide bonds. The first kappa shape index (κ1) is 45.1. The highest BCUT2D eigenvalue weighted by Gasteiger charge is 2.52. The van der Waals surface area contributed by atoms with Crippen molar-refractivity contribution >= 4 is 11.6 Å². The molecule has 47 heavy (non-hydrogen) atoms. The summed E-state index contributed by atoms with van der Waals surface area (Å²) in [6.45, 7) is 20.2. The van der Waals surface area contributed by atoms with Crippen LogP contribution < -0.4 is 5.32 Å². The Morgan fingerprint density at radius 1 is 0.830 bits per heavy atom. The monoisotopic (exact) mass is 693 g/mol. The molecular weight excluding hydrogens is 604 g/mol. The van der Waals surface area contributed by atoms with Crippen molar-refractivity contribution < 1.29 is 20.7 Å². The molecule has 5 unspecified atom stereocenters. The number of alkyl halides is 1. The predicted octanol–water partition coefficient (Wildman–Crippen LogP) is 9.87.